The first kappa shape index (κ1) is 13.2. The van der Waals surface area contributed by atoms with Crippen molar-refractivity contribution < 1.29 is 8.78 Å². The summed E-state index contributed by atoms with van der Waals surface area (Å²) >= 11 is 6.13. The van der Waals surface area contributed by atoms with Crippen molar-refractivity contribution in [1.82, 2.24) is 0 Å². The van der Waals surface area contributed by atoms with Crippen molar-refractivity contribution in [2.45, 2.75) is 18.8 Å². The molecule has 1 aliphatic rings. The number of hydrogen-bond donors (Lipinski definition) is 2. The molecule has 1 aromatic carbocycles. The van der Waals surface area contributed by atoms with Crippen LogP contribution in [0.15, 0.2) is 12.1 Å². The summed E-state index contributed by atoms with van der Waals surface area (Å²) in [5.74, 6) is -2.55. The third-order valence-corrected chi connectivity index (χ3v) is 3.53. The minimum Gasteiger partial charge on any atom is -0.397 e. The quantitative estimate of drug-likeness (QED) is 0.815. The SMILES string of the molecule is CNc1cc(N2CCC(F)(F)CC2)c(Cl)cc1N. The molecule has 0 amide bonds. The van der Waals surface area contributed by atoms with E-state index in [1.807, 2.05) is 4.90 Å². The molecule has 100 valence electrons. The number of nitrogens with one attached hydrogen (secondary N) is 1. The average Bonchev–Trinajstić information content (AvgIpc) is 2.30. The third kappa shape index (κ3) is 2.61. The van der Waals surface area contributed by atoms with Crippen LogP contribution in [-0.4, -0.2) is 26.1 Å². The maximum Gasteiger partial charge on any atom is 0.251 e. The normalized spacial score (nSPS) is 18.8. The van der Waals surface area contributed by atoms with Crippen LogP contribution in [0.5, 0.6) is 0 Å². The largest absolute Gasteiger partial charge is 0.397 e. The molecule has 0 radical (unpaired) electrons. The summed E-state index contributed by atoms with van der Waals surface area (Å²) in [6.45, 7) is 0.611. The molecule has 0 spiro atoms. The second kappa shape index (κ2) is 4.80. The number of nitrogens with zero attached hydrogens (tertiary/aromatic N) is 1. The summed E-state index contributed by atoms with van der Waals surface area (Å²) in [6, 6.07) is 3.45. The second-order valence-corrected chi connectivity index (χ2v) is 4.89. The number of hydrogen-bond acceptors (Lipinski definition) is 3. The van der Waals surface area contributed by atoms with E-state index in [9.17, 15) is 8.78 Å². The van der Waals surface area contributed by atoms with Crippen LogP contribution < -0.4 is 16.0 Å². The van der Waals surface area contributed by atoms with Crippen molar-refractivity contribution >= 4 is 28.7 Å². The fourth-order valence-electron chi connectivity index (χ4n) is 2.11. The third-order valence-electron chi connectivity index (χ3n) is 3.22. The second-order valence-electron chi connectivity index (χ2n) is 4.48. The van der Waals surface area contributed by atoms with Gasteiger partial charge in [-0.05, 0) is 12.1 Å². The van der Waals surface area contributed by atoms with Crippen LogP contribution in [0.4, 0.5) is 25.8 Å². The topological polar surface area (TPSA) is 41.3 Å². The molecule has 3 N–H and O–H groups in total. The smallest absolute Gasteiger partial charge is 0.251 e. The molecule has 1 aromatic rings. The zero-order valence-corrected chi connectivity index (χ0v) is 10.9. The summed E-state index contributed by atoms with van der Waals surface area (Å²) in [7, 11) is 1.76. The van der Waals surface area contributed by atoms with Crippen LogP contribution in [0.2, 0.25) is 5.02 Å². The van der Waals surface area contributed by atoms with Crippen LogP contribution in [0.3, 0.4) is 0 Å². The molecule has 0 unspecified atom stereocenters. The van der Waals surface area contributed by atoms with Gasteiger partial charge in [0.25, 0.3) is 5.92 Å². The van der Waals surface area contributed by atoms with Crippen molar-refractivity contribution in [1.29, 1.82) is 0 Å². The molecule has 6 heteroatoms. The van der Waals surface area contributed by atoms with Gasteiger partial charge in [-0.25, -0.2) is 8.78 Å². The summed E-state index contributed by atoms with van der Waals surface area (Å²) in [5, 5.41) is 3.46. The highest BCUT2D eigenvalue weighted by Crippen LogP contribution is 2.37. The van der Waals surface area contributed by atoms with Crippen LogP contribution in [0.25, 0.3) is 0 Å². The van der Waals surface area contributed by atoms with Gasteiger partial charge in [-0.3, -0.25) is 0 Å². The number of anilines is 3. The molecule has 3 nitrogen and oxygen atoms in total. The molecule has 0 atom stereocenters. The number of rotatable bonds is 2. The molecule has 0 saturated carbocycles. The highest BCUT2D eigenvalue weighted by atomic mass is 35.5. The summed E-state index contributed by atoms with van der Waals surface area (Å²) in [4.78, 5) is 1.88. The maximum atomic E-state index is 13.1. The van der Waals surface area contributed by atoms with Gasteiger partial charge in [-0.2, -0.15) is 0 Å². The molecule has 0 aliphatic carbocycles. The predicted molar refractivity (Wildman–Crippen MR) is 71.8 cm³/mol. The minimum absolute atomic E-state index is 0.136. The highest BCUT2D eigenvalue weighted by Gasteiger charge is 2.34. The van der Waals surface area contributed by atoms with E-state index in [1.54, 1.807) is 19.2 Å². The Hall–Kier alpha value is -1.23. The Bertz CT molecular complexity index is 441. The van der Waals surface area contributed by atoms with Gasteiger partial charge >= 0.3 is 0 Å². The van der Waals surface area contributed by atoms with E-state index in [-0.39, 0.29) is 12.8 Å². The Labute approximate surface area is 110 Å². The van der Waals surface area contributed by atoms with Gasteiger partial charge < -0.3 is 16.0 Å². The summed E-state index contributed by atoms with van der Waals surface area (Å²) in [5.41, 5.74) is 7.85. The standard InChI is InChI=1S/C12H16ClF2N3/c1-17-10-7-11(8(13)6-9(10)16)18-4-2-12(14,15)3-5-18/h6-7,17H,2-5,16H2,1H3. The fraction of sp³-hybridized carbons (Fsp3) is 0.500. The lowest BCUT2D eigenvalue weighted by Crippen LogP contribution is -2.39. The lowest BCUT2D eigenvalue weighted by Gasteiger charge is -2.34. The number of nitrogen functional groups attached to an aromatic ring is 1. The fourth-order valence-corrected chi connectivity index (χ4v) is 2.40. The predicted octanol–water partition coefficient (Wildman–Crippen LogP) is 3.20. The Morgan fingerprint density at radius 2 is 1.94 bits per heavy atom. The lowest BCUT2D eigenvalue weighted by molar-refractivity contribution is -0.0220. The van der Waals surface area contributed by atoms with Crippen LogP contribution in [0.1, 0.15) is 12.8 Å². The number of alkyl halides is 2. The first-order valence-electron chi connectivity index (χ1n) is 5.82. The summed E-state index contributed by atoms with van der Waals surface area (Å²) in [6.07, 6.45) is -0.273. The van der Waals surface area contributed by atoms with Crippen molar-refractivity contribution in [3.05, 3.63) is 17.2 Å². The number of nitrogens with two attached hydrogens (primary N) is 1. The van der Waals surface area contributed by atoms with E-state index < -0.39 is 5.92 Å². The highest BCUT2D eigenvalue weighted by molar-refractivity contribution is 6.33. The zero-order chi connectivity index (χ0) is 13.3. The van der Waals surface area contributed by atoms with Crippen molar-refractivity contribution in [2.24, 2.45) is 0 Å². The average molecular weight is 276 g/mol. The van der Waals surface area contributed by atoms with E-state index in [2.05, 4.69) is 5.32 Å². The Morgan fingerprint density at radius 3 is 2.50 bits per heavy atom. The Morgan fingerprint density at radius 1 is 1.33 bits per heavy atom. The molecule has 1 aliphatic heterocycles. The molecule has 18 heavy (non-hydrogen) atoms. The molecule has 1 fully saturated rings. The van der Waals surface area contributed by atoms with Crippen LogP contribution >= 0.6 is 11.6 Å². The van der Waals surface area contributed by atoms with Gasteiger partial charge in [0.1, 0.15) is 0 Å². The van der Waals surface area contributed by atoms with Crippen LogP contribution in [0, 0.1) is 0 Å². The Balaban J connectivity index is 2.24. The van der Waals surface area contributed by atoms with Gasteiger partial charge in [-0.1, -0.05) is 11.6 Å². The number of piperidine rings is 1. The van der Waals surface area contributed by atoms with Gasteiger partial charge in [0.05, 0.1) is 22.1 Å². The monoisotopic (exact) mass is 275 g/mol. The van der Waals surface area contributed by atoms with E-state index in [4.69, 9.17) is 17.3 Å². The van der Waals surface area contributed by atoms with Crippen molar-refractivity contribution in [3.8, 4) is 0 Å². The number of benzene rings is 1. The number of halogens is 3. The minimum atomic E-state index is -2.55. The van der Waals surface area contributed by atoms with E-state index in [0.717, 1.165) is 11.4 Å². The molecule has 2 rings (SSSR count). The van der Waals surface area contributed by atoms with Crippen molar-refractivity contribution in [2.75, 3.05) is 36.1 Å². The van der Waals surface area contributed by atoms with Gasteiger partial charge in [-0.15, -0.1) is 0 Å². The van der Waals surface area contributed by atoms with Crippen LogP contribution in [-0.2, 0) is 0 Å². The first-order chi connectivity index (χ1) is 8.43. The van der Waals surface area contributed by atoms with Crippen molar-refractivity contribution in [3.63, 3.8) is 0 Å². The molecular formula is C12H16ClF2N3. The zero-order valence-electron chi connectivity index (χ0n) is 10.1. The summed E-state index contributed by atoms with van der Waals surface area (Å²) < 4.78 is 26.2. The van der Waals surface area contributed by atoms with E-state index >= 15 is 0 Å². The van der Waals surface area contributed by atoms with E-state index in [0.29, 0.717) is 23.8 Å². The molecule has 1 saturated heterocycles. The van der Waals surface area contributed by atoms with Gasteiger partial charge in [0.2, 0.25) is 0 Å². The molecule has 0 aromatic heterocycles. The molecular weight excluding hydrogens is 260 g/mol. The molecule has 1 heterocycles. The maximum absolute atomic E-state index is 13.1. The Kier molecular flexibility index (Phi) is 3.52. The van der Waals surface area contributed by atoms with E-state index in [1.165, 1.54) is 0 Å². The lowest BCUT2D eigenvalue weighted by atomic mass is 10.1. The van der Waals surface area contributed by atoms with Gasteiger partial charge in [0.15, 0.2) is 0 Å². The molecule has 0 bridgehead atoms. The van der Waals surface area contributed by atoms with Gasteiger partial charge in [0, 0.05) is 33.0 Å². The first-order valence-corrected chi connectivity index (χ1v) is 6.20.